The SMILES string of the molecule is Cc1ccccc1CC(C)(C)NC(=O)CCCc1ccccn1. The highest BCUT2D eigenvalue weighted by molar-refractivity contribution is 5.76. The van der Waals surface area contributed by atoms with Crippen LogP contribution in [0.4, 0.5) is 0 Å². The minimum atomic E-state index is -0.242. The highest BCUT2D eigenvalue weighted by atomic mass is 16.1. The molecule has 1 aromatic carbocycles. The van der Waals surface area contributed by atoms with Crippen LogP contribution in [0.25, 0.3) is 0 Å². The Morgan fingerprint density at radius 2 is 1.87 bits per heavy atom. The molecule has 2 rings (SSSR count). The third-order valence-electron chi connectivity index (χ3n) is 3.93. The molecule has 3 heteroatoms. The molecule has 0 atom stereocenters. The van der Waals surface area contributed by atoms with Crippen molar-refractivity contribution in [2.75, 3.05) is 0 Å². The second-order valence-corrected chi connectivity index (χ2v) is 6.71. The lowest BCUT2D eigenvalue weighted by atomic mass is 9.92. The lowest BCUT2D eigenvalue weighted by Crippen LogP contribution is -2.45. The van der Waals surface area contributed by atoms with Crippen molar-refractivity contribution in [1.82, 2.24) is 10.3 Å². The number of carbonyl (C=O) groups excluding carboxylic acids is 1. The van der Waals surface area contributed by atoms with Crippen molar-refractivity contribution < 1.29 is 4.79 Å². The summed E-state index contributed by atoms with van der Waals surface area (Å²) in [6.07, 6.45) is 4.83. The third-order valence-corrected chi connectivity index (χ3v) is 3.93. The smallest absolute Gasteiger partial charge is 0.220 e. The van der Waals surface area contributed by atoms with Crippen molar-refractivity contribution in [2.45, 2.75) is 52.0 Å². The Labute approximate surface area is 139 Å². The molecule has 0 aliphatic carbocycles. The standard InChI is InChI=1S/C20H26N2O/c1-16-9-4-5-10-17(16)15-20(2,3)22-19(23)13-8-12-18-11-6-7-14-21-18/h4-7,9-11,14H,8,12-13,15H2,1-3H3,(H,22,23). The zero-order chi connectivity index (χ0) is 16.7. The molecule has 0 radical (unpaired) electrons. The quantitative estimate of drug-likeness (QED) is 0.844. The molecule has 3 nitrogen and oxygen atoms in total. The predicted octanol–water partition coefficient (Wildman–Crippen LogP) is 3.85. The molecule has 0 fully saturated rings. The van der Waals surface area contributed by atoms with Crippen molar-refractivity contribution in [3.8, 4) is 0 Å². The number of nitrogens with zero attached hydrogens (tertiary/aromatic N) is 1. The Bertz CT molecular complexity index is 635. The molecular formula is C20H26N2O. The lowest BCUT2D eigenvalue weighted by molar-refractivity contribution is -0.122. The van der Waals surface area contributed by atoms with E-state index in [4.69, 9.17) is 0 Å². The second-order valence-electron chi connectivity index (χ2n) is 6.71. The molecule has 2 aromatic rings. The normalized spacial score (nSPS) is 11.3. The fourth-order valence-electron chi connectivity index (χ4n) is 2.74. The van der Waals surface area contributed by atoms with Gasteiger partial charge in [-0.25, -0.2) is 0 Å². The summed E-state index contributed by atoms with van der Waals surface area (Å²) < 4.78 is 0. The van der Waals surface area contributed by atoms with Crippen molar-refractivity contribution in [1.29, 1.82) is 0 Å². The van der Waals surface area contributed by atoms with E-state index in [2.05, 4.69) is 43.2 Å². The molecular weight excluding hydrogens is 284 g/mol. The molecule has 0 aliphatic heterocycles. The fourth-order valence-corrected chi connectivity index (χ4v) is 2.74. The van der Waals surface area contributed by atoms with Gasteiger partial charge in [0.2, 0.25) is 5.91 Å². The summed E-state index contributed by atoms with van der Waals surface area (Å²) >= 11 is 0. The maximum absolute atomic E-state index is 12.2. The number of aryl methyl sites for hydroxylation is 2. The lowest BCUT2D eigenvalue weighted by Gasteiger charge is -2.27. The van der Waals surface area contributed by atoms with Gasteiger partial charge in [-0.3, -0.25) is 9.78 Å². The number of hydrogen-bond acceptors (Lipinski definition) is 2. The number of benzene rings is 1. The number of hydrogen-bond donors (Lipinski definition) is 1. The first kappa shape index (κ1) is 17.2. The summed E-state index contributed by atoms with van der Waals surface area (Å²) in [6, 6.07) is 14.2. The van der Waals surface area contributed by atoms with E-state index in [-0.39, 0.29) is 11.4 Å². The first-order valence-corrected chi connectivity index (χ1v) is 8.22. The number of rotatable bonds is 7. The molecule has 0 bridgehead atoms. The van der Waals surface area contributed by atoms with Gasteiger partial charge in [-0.1, -0.05) is 30.3 Å². The van der Waals surface area contributed by atoms with Crippen LogP contribution in [0.3, 0.4) is 0 Å². The molecule has 1 heterocycles. The Balaban J connectivity index is 1.80. The van der Waals surface area contributed by atoms with Crippen LogP contribution >= 0.6 is 0 Å². The van der Waals surface area contributed by atoms with Gasteiger partial charge in [-0.05, 0) is 63.3 Å². The highest BCUT2D eigenvalue weighted by Crippen LogP contribution is 2.16. The number of amides is 1. The number of aromatic nitrogens is 1. The van der Waals surface area contributed by atoms with Crippen molar-refractivity contribution >= 4 is 5.91 Å². The monoisotopic (exact) mass is 310 g/mol. The van der Waals surface area contributed by atoms with Crippen LogP contribution < -0.4 is 5.32 Å². The summed E-state index contributed by atoms with van der Waals surface area (Å²) in [5, 5.41) is 3.16. The van der Waals surface area contributed by atoms with Crippen LogP contribution in [-0.4, -0.2) is 16.4 Å². The molecule has 122 valence electrons. The molecule has 0 saturated heterocycles. The Kier molecular flexibility index (Phi) is 5.91. The Hall–Kier alpha value is -2.16. The molecule has 23 heavy (non-hydrogen) atoms. The van der Waals surface area contributed by atoms with Crippen molar-refractivity contribution in [2.24, 2.45) is 0 Å². The van der Waals surface area contributed by atoms with Gasteiger partial charge < -0.3 is 5.32 Å². The molecule has 0 spiro atoms. The van der Waals surface area contributed by atoms with Crippen LogP contribution in [0.15, 0.2) is 48.7 Å². The van der Waals surface area contributed by atoms with E-state index in [1.807, 2.05) is 30.3 Å². The molecule has 1 amide bonds. The summed E-state index contributed by atoms with van der Waals surface area (Å²) in [7, 11) is 0. The van der Waals surface area contributed by atoms with Crippen molar-refractivity contribution in [3.05, 3.63) is 65.5 Å². The Morgan fingerprint density at radius 1 is 1.13 bits per heavy atom. The third kappa shape index (κ3) is 5.85. The minimum absolute atomic E-state index is 0.111. The highest BCUT2D eigenvalue weighted by Gasteiger charge is 2.21. The number of nitrogens with one attached hydrogen (secondary N) is 1. The molecule has 1 N–H and O–H groups in total. The van der Waals surface area contributed by atoms with Gasteiger partial charge in [0.1, 0.15) is 0 Å². The number of pyridine rings is 1. The first-order valence-electron chi connectivity index (χ1n) is 8.22. The Morgan fingerprint density at radius 3 is 2.57 bits per heavy atom. The van der Waals surface area contributed by atoms with Gasteiger partial charge in [0.25, 0.3) is 0 Å². The van der Waals surface area contributed by atoms with Gasteiger partial charge in [-0.15, -0.1) is 0 Å². The van der Waals surface area contributed by atoms with E-state index in [0.29, 0.717) is 6.42 Å². The topological polar surface area (TPSA) is 42.0 Å². The van der Waals surface area contributed by atoms with E-state index in [1.54, 1.807) is 6.20 Å². The van der Waals surface area contributed by atoms with Gasteiger partial charge in [-0.2, -0.15) is 0 Å². The minimum Gasteiger partial charge on any atom is -0.351 e. The maximum Gasteiger partial charge on any atom is 0.220 e. The molecule has 0 unspecified atom stereocenters. The molecule has 1 aromatic heterocycles. The maximum atomic E-state index is 12.2. The second kappa shape index (κ2) is 7.91. The van der Waals surface area contributed by atoms with E-state index in [0.717, 1.165) is 25.0 Å². The van der Waals surface area contributed by atoms with Gasteiger partial charge in [0.05, 0.1) is 0 Å². The first-order chi connectivity index (χ1) is 11.0. The van der Waals surface area contributed by atoms with E-state index < -0.39 is 0 Å². The molecule has 0 saturated carbocycles. The van der Waals surface area contributed by atoms with E-state index in [9.17, 15) is 4.79 Å². The largest absolute Gasteiger partial charge is 0.351 e. The van der Waals surface area contributed by atoms with Crippen LogP contribution in [0.2, 0.25) is 0 Å². The average molecular weight is 310 g/mol. The van der Waals surface area contributed by atoms with Gasteiger partial charge >= 0.3 is 0 Å². The average Bonchev–Trinajstić information content (AvgIpc) is 2.50. The van der Waals surface area contributed by atoms with Crippen molar-refractivity contribution in [3.63, 3.8) is 0 Å². The number of carbonyl (C=O) groups is 1. The van der Waals surface area contributed by atoms with Gasteiger partial charge in [0, 0.05) is 23.9 Å². The summed E-state index contributed by atoms with van der Waals surface area (Å²) in [4.78, 5) is 16.5. The van der Waals surface area contributed by atoms with Crippen LogP contribution in [0.5, 0.6) is 0 Å². The zero-order valence-corrected chi connectivity index (χ0v) is 14.3. The fraction of sp³-hybridized carbons (Fsp3) is 0.400. The summed E-state index contributed by atoms with van der Waals surface area (Å²) in [5.41, 5.74) is 3.35. The summed E-state index contributed by atoms with van der Waals surface area (Å²) in [6.45, 7) is 6.27. The molecule has 0 aliphatic rings. The van der Waals surface area contributed by atoms with Crippen LogP contribution in [0.1, 0.15) is 43.5 Å². The van der Waals surface area contributed by atoms with Crippen LogP contribution in [0, 0.1) is 6.92 Å². The van der Waals surface area contributed by atoms with Gasteiger partial charge in [0.15, 0.2) is 0 Å². The zero-order valence-electron chi connectivity index (χ0n) is 14.3. The summed E-state index contributed by atoms with van der Waals surface area (Å²) in [5.74, 6) is 0.111. The predicted molar refractivity (Wildman–Crippen MR) is 94.3 cm³/mol. The van der Waals surface area contributed by atoms with E-state index in [1.165, 1.54) is 11.1 Å². The van der Waals surface area contributed by atoms with Crippen LogP contribution in [-0.2, 0) is 17.6 Å². The van der Waals surface area contributed by atoms with E-state index >= 15 is 0 Å².